The molecule has 2 saturated heterocycles. The number of carbonyl (C=O) groups is 3. The number of nitrogens with zero attached hydrogens (tertiary/aromatic N) is 2. The van der Waals surface area contributed by atoms with Crippen molar-refractivity contribution in [3.63, 3.8) is 0 Å². The van der Waals surface area contributed by atoms with Gasteiger partial charge in [-0.3, -0.25) is 14.4 Å². The summed E-state index contributed by atoms with van der Waals surface area (Å²) in [6.07, 6.45) is 1.78. The summed E-state index contributed by atoms with van der Waals surface area (Å²) < 4.78 is 13.4. The van der Waals surface area contributed by atoms with Crippen LogP contribution in [0.25, 0.3) is 0 Å². The van der Waals surface area contributed by atoms with E-state index in [4.69, 9.17) is 11.5 Å². The van der Waals surface area contributed by atoms with Crippen LogP contribution in [0.1, 0.15) is 44.6 Å². The van der Waals surface area contributed by atoms with Gasteiger partial charge >= 0.3 is 0 Å². The molecule has 31 heavy (non-hydrogen) atoms. The Balaban J connectivity index is 1.87. The number of carbonyl (C=O) groups excluding carboxylic acids is 3. The summed E-state index contributed by atoms with van der Waals surface area (Å²) >= 11 is 0. The van der Waals surface area contributed by atoms with Crippen LogP contribution in [0.2, 0.25) is 0 Å². The number of benzene rings is 1. The standard InChI is InChI=1S/C22H31FN4O4/c1-14(28)19(25)21(31)26-10-2-4-17(26)20(30)27-11-3-9-22(27,13-18(24)29)12-15-5-7-16(23)8-6-15/h5-8,14,17,19,28H,2-4,9-13,25H2,1H3,(H2,24,29). The largest absolute Gasteiger partial charge is 0.391 e. The summed E-state index contributed by atoms with van der Waals surface area (Å²) in [7, 11) is 0. The van der Waals surface area contributed by atoms with Gasteiger partial charge in [0, 0.05) is 13.1 Å². The average Bonchev–Trinajstić information content (AvgIpc) is 3.35. The second-order valence-electron chi connectivity index (χ2n) is 8.72. The van der Waals surface area contributed by atoms with E-state index in [1.807, 2.05) is 0 Å². The Kier molecular flexibility index (Phi) is 6.96. The Labute approximate surface area is 181 Å². The summed E-state index contributed by atoms with van der Waals surface area (Å²) in [6.45, 7) is 2.29. The molecule has 2 aliphatic heterocycles. The maximum Gasteiger partial charge on any atom is 0.245 e. The van der Waals surface area contributed by atoms with E-state index in [1.54, 1.807) is 17.0 Å². The minimum absolute atomic E-state index is 0.00995. The van der Waals surface area contributed by atoms with Gasteiger partial charge in [0.05, 0.1) is 18.1 Å². The molecule has 0 aliphatic carbocycles. The first kappa shape index (κ1) is 23.1. The van der Waals surface area contributed by atoms with E-state index in [0.717, 1.165) is 5.56 Å². The maximum absolute atomic E-state index is 13.6. The molecule has 1 aromatic rings. The third kappa shape index (κ3) is 4.88. The zero-order valence-electron chi connectivity index (χ0n) is 17.8. The van der Waals surface area contributed by atoms with Gasteiger partial charge < -0.3 is 26.4 Å². The van der Waals surface area contributed by atoms with Crippen molar-refractivity contribution in [3.8, 4) is 0 Å². The van der Waals surface area contributed by atoms with Crippen molar-refractivity contribution in [1.82, 2.24) is 9.80 Å². The van der Waals surface area contributed by atoms with E-state index >= 15 is 0 Å². The molecule has 0 bridgehead atoms. The summed E-state index contributed by atoms with van der Waals surface area (Å²) in [6, 6.07) is 4.21. The van der Waals surface area contributed by atoms with Crippen LogP contribution < -0.4 is 11.5 Å². The first-order valence-electron chi connectivity index (χ1n) is 10.7. The number of primary amides is 1. The molecule has 0 aromatic heterocycles. The Hall–Kier alpha value is -2.52. The highest BCUT2D eigenvalue weighted by Gasteiger charge is 2.48. The number of likely N-dealkylation sites (tertiary alicyclic amines) is 2. The fraction of sp³-hybridized carbons (Fsp3) is 0.591. The lowest BCUT2D eigenvalue weighted by Crippen LogP contribution is -2.58. The topological polar surface area (TPSA) is 130 Å². The smallest absolute Gasteiger partial charge is 0.245 e. The van der Waals surface area contributed by atoms with Gasteiger partial charge in [0.1, 0.15) is 17.9 Å². The molecule has 170 valence electrons. The van der Waals surface area contributed by atoms with Crippen LogP contribution in [0.4, 0.5) is 4.39 Å². The van der Waals surface area contributed by atoms with Crippen LogP contribution in [-0.2, 0) is 20.8 Å². The molecule has 0 spiro atoms. The molecule has 8 nitrogen and oxygen atoms in total. The predicted molar refractivity (Wildman–Crippen MR) is 112 cm³/mol. The second-order valence-corrected chi connectivity index (χ2v) is 8.72. The molecule has 3 amide bonds. The quantitative estimate of drug-likeness (QED) is 0.568. The van der Waals surface area contributed by atoms with Crippen molar-refractivity contribution in [2.45, 2.75) is 69.2 Å². The summed E-state index contributed by atoms with van der Waals surface area (Å²) in [5, 5.41) is 9.71. The van der Waals surface area contributed by atoms with Gasteiger partial charge in [-0.15, -0.1) is 0 Å². The lowest BCUT2D eigenvalue weighted by Gasteiger charge is -2.41. The number of nitrogens with two attached hydrogens (primary N) is 2. The molecule has 5 N–H and O–H groups in total. The second kappa shape index (κ2) is 9.32. The zero-order valence-corrected chi connectivity index (χ0v) is 17.8. The predicted octanol–water partition coefficient (Wildman–Crippen LogP) is 0.304. The van der Waals surface area contributed by atoms with E-state index in [9.17, 15) is 23.9 Å². The molecular weight excluding hydrogens is 403 g/mol. The summed E-state index contributed by atoms with van der Waals surface area (Å²) in [5.41, 5.74) is 11.4. The first-order valence-corrected chi connectivity index (χ1v) is 10.7. The van der Waals surface area contributed by atoms with Crippen LogP contribution in [0.5, 0.6) is 0 Å². The number of hydrogen-bond acceptors (Lipinski definition) is 5. The molecule has 0 radical (unpaired) electrons. The Morgan fingerprint density at radius 1 is 1.23 bits per heavy atom. The van der Waals surface area contributed by atoms with Gasteiger partial charge in [0.15, 0.2) is 0 Å². The van der Waals surface area contributed by atoms with Gasteiger partial charge in [0.25, 0.3) is 0 Å². The highest BCUT2D eigenvalue weighted by Crippen LogP contribution is 2.37. The normalized spacial score (nSPS) is 25.5. The highest BCUT2D eigenvalue weighted by atomic mass is 19.1. The fourth-order valence-electron chi connectivity index (χ4n) is 4.88. The van der Waals surface area contributed by atoms with Crippen LogP contribution in [0, 0.1) is 5.82 Å². The zero-order chi connectivity index (χ0) is 22.8. The Bertz CT molecular complexity index is 831. The van der Waals surface area contributed by atoms with Crippen LogP contribution in [-0.4, -0.2) is 69.4 Å². The lowest BCUT2D eigenvalue weighted by molar-refractivity contribution is -0.149. The van der Waals surface area contributed by atoms with Crippen LogP contribution >= 0.6 is 0 Å². The van der Waals surface area contributed by atoms with Gasteiger partial charge in [-0.25, -0.2) is 4.39 Å². The van der Waals surface area contributed by atoms with Crippen LogP contribution in [0.15, 0.2) is 24.3 Å². The molecule has 1 aromatic carbocycles. The summed E-state index contributed by atoms with van der Waals surface area (Å²) in [4.78, 5) is 41.4. The van der Waals surface area contributed by atoms with Crippen molar-refractivity contribution in [2.75, 3.05) is 13.1 Å². The van der Waals surface area contributed by atoms with E-state index in [2.05, 4.69) is 0 Å². The number of halogens is 1. The molecule has 2 fully saturated rings. The molecule has 9 heteroatoms. The first-order chi connectivity index (χ1) is 14.6. The number of rotatable bonds is 7. The van der Waals surface area contributed by atoms with Crippen molar-refractivity contribution in [1.29, 1.82) is 0 Å². The lowest BCUT2D eigenvalue weighted by atomic mass is 9.84. The SMILES string of the molecule is CC(O)C(N)C(=O)N1CCCC1C(=O)N1CCCC1(CC(N)=O)Cc1ccc(F)cc1. The highest BCUT2D eigenvalue weighted by molar-refractivity contribution is 5.91. The number of hydrogen-bond donors (Lipinski definition) is 3. The minimum Gasteiger partial charge on any atom is -0.391 e. The Morgan fingerprint density at radius 2 is 1.90 bits per heavy atom. The number of aliphatic hydroxyl groups is 1. The molecule has 0 saturated carbocycles. The van der Waals surface area contributed by atoms with Gasteiger partial charge in [0.2, 0.25) is 17.7 Å². The molecular formula is C22H31FN4O4. The van der Waals surface area contributed by atoms with Crippen molar-refractivity contribution >= 4 is 17.7 Å². The van der Waals surface area contributed by atoms with E-state index < -0.39 is 35.5 Å². The van der Waals surface area contributed by atoms with Gasteiger partial charge in [-0.2, -0.15) is 0 Å². The molecule has 2 heterocycles. The Morgan fingerprint density at radius 3 is 2.52 bits per heavy atom. The van der Waals surface area contributed by atoms with E-state index in [0.29, 0.717) is 45.2 Å². The molecule has 2 aliphatic rings. The van der Waals surface area contributed by atoms with Crippen molar-refractivity contribution in [3.05, 3.63) is 35.6 Å². The molecule has 4 atom stereocenters. The minimum atomic E-state index is -1.10. The van der Waals surface area contributed by atoms with E-state index in [-0.39, 0.29) is 18.1 Å². The average molecular weight is 435 g/mol. The number of amides is 3. The van der Waals surface area contributed by atoms with Crippen molar-refractivity contribution < 1.29 is 23.9 Å². The molecule has 3 rings (SSSR count). The summed E-state index contributed by atoms with van der Waals surface area (Å²) in [5.74, 6) is -1.56. The number of aliphatic hydroxyl groups excluding tert-OH is 1. The monoisotopic (exact) mass is 434 g/mol. The van der Waals surface area contributed by atoms with E-state index in [1.165, 1.54) is 24.0 Å². The maximum atomic E-state index is 13.6. The molecule has 4 unspecified atom stereocenters. The third-order valence-corrected chi connectivity index (χ3v) is 6.44. The fourth-order valence-corrected chi connectivity index (χ4v) is 4.88. The van der Waals surface area contributed by atoms with Crippen molar-refractivity contribution in [2.24, 2.45) is 11.5 Å². The van der Waals surface area contributed by atoms with Gasteiger partial charge in [-0.05, 0) is 56.7 Å². The van der Waals surface area contributed by atoms with Gasteiger partial charge in [-0.1, -0.05) is 12.1 Å². The van der Waals surface area contributed by atoms with Crippen LogP contribution in [0.3, 0.4) is 0 Å². The third-order valence-electron chi connectivity index (χ3n) is 6.44.